The molecule has 8 rings (SSSR count). The number of carbonyl (C=O) groups excluding carboxylic acids is 1. The van der Waals surface area contributed by atoms with Crippen LogP contribution in [-0.2, 0) is 4.79 Å². The number of carbonyl (C=O) groups is 1. The Morgan fingerprint density at radius 2 is 1.94 bits per heavy atom. The van der Waals surface area contributed by atoms with Crippen molar-refractivity contribution in [1.82, 2.24) is 24.3 Å². The molecule has 0 spiro atoms. The number of nitrogens with zero attached hydrogens (tertiary/aromatic N) is 7. The summed E-state index contributed by atoms with van der Waals surface area (Å²) in [4.78, 5) is 41.0. The molecule has 4 aliphatic rings. The maximum atomic E-state index is 17.3. The number of nitrogen functional groups attached to an aromatic ring is 1. The number of benzene rings is 1. The van der Waals surface area contributed by atoms with E-state index in [-0.39, 0.29) is 99.9 Å². The highest BCUT2D eigenvalue weighted by atomic mass is 35.5. The maximum Gasteiger partial charge on any atom is 0.319 e. The summed E-state index contributed by atoms with van der Waals surface area (Å²) in [6.45, 7) is 1.41. The molecule has 0 radical (unpaired) electrons. The summed E-state index contributed by atoms with van der Waals surface area (Å²) in [6, 6.07) is 3.87. The number of hydrogen-bond donors (Lipinski definition) is 1. The van der Waals surface area contributed by atoms with Gasteiger partial charge >= 0.3 is 6.01 Å². The largest absolute Gasteiger partial charge is 0.461 e. The number of ether oxygens (including phenoxy) is 1. The van der Waals surface area contributed by atoms with E-state index in [1.54, 1.807) is 4.90 Å². The number of nitriles is 1. The van der Waals surface area contributed by atoms with Crippen molar-refractivity contribution in [2.75, 3.05) is 56.5 Å². The van der Waals surface area contributed by atoms with Crippen LogP contribution in [0.4, 0.5) is 28.4 Å². The fourth-order valence-corrected chi connectivity index (χ4v) is 8.96. The minimum absolute atomic E-state index is 0.0239. The van der Waals surface area contributed by atoms with Gasteiger partial charge in [-0.25, -0.2) is 17.6 Å². The van der Waals surface area contributed by atoms with Gasteiger partial charge < -0.3 is 24.8 Å². The van der Waals surface area contributed by atoms with Gasteiger partial charge in [-0.3, -0.25) is 14.5 Å². The van der Waals surface area contributed by atoms with Gasteiger partial charge in [0.2, 0.25) is 0 Å². The smallest absolute Gasteiger partial charge is 0.319 e. The number of pyridine rings is 1. The number of halogens is 5. The highest BCUT2D eigenvalue weighted by Crippen LogP contribution is 2.46. The normalized spacial score (nSPS) is 23.1. The summed E-state index contributed by atoms with van der Waals surface area (Å²) in [5.74, 6) is -2.35. The molecule has 1 aromatic carbocycles. The third kappa shape index (κ3) is 5.24. The molecule has 0 bridgehead atoms. The van der Waals surface area contributed by atoms with Crippen LogP contribution in [0.25, 0.3) is 32.2 Å². The predicted molar refractivity (Wildman–Crippen MR) is 180 cm³/mol. The molecule has 3 aliphatic heterocycles. The van der Waals surface area contributed by atoms with Gasteiger partial charge in [0, 0.05) is 56.1 Å². The number of hydrogen-bond acceptors (Lipinski definition) is 10. The van der Waals surface area contributed by atoms with Crippen molar-refractivity contribution >= 4 is 60.7 Å². The first-order chi connectivity index (χ1) is 24.0. The van der Waals surface area contributed by atoms with Crippen molar-refractivity contribution in [2.45, 2.75) is 55.5 Å². The first kappa shape index (κ1) is 33.0. The van der Waals surface area contributed by atoms with Crippen LogP contribution in [0.3, 0.4) is 0 Å². The van der Waals surface area contributed by atoms with E-state index in [0.717, 1.165) is 30.4 Å². The van der Waals surface area contributed by atoms with E-state index in [4.69, 9.17) is 22.1 Å². The Bertz CT molecular complexity index is 2160. The van der Waals surface area contributed by atoms with Gasteiger partial charge in [0.1, 0.15) is 46.4 Å². The van der Waals surface area contributed by atoms with Crippen molar-refractivity contribution < 1.29 is 27.1 Å². The molecule has 17 heteroatoms. The highest BCUT2D eigenvalue weighted by Gasteiger charge is 2.49. The number of nitrogens with two attached hydrogens (primary N) is 1. The van der Waals surface area contributed by atoms with Crippen molar-refractivity contribution in [3.63, 3.8) is 0 Å². The Morgan fingerprint density at radius 3 is 2.64 bits per heavy atom. The van der Waals surface area contributed by atoms with E-state index in [1.807, 2.05) is 6.07 Å². The third-order valence-corrected chi connectivity index (χ3v) is 11.6. The molecule has 4 fully saturated rings. The Morgan fingerprint density at radius 1 is 1.18 bits per heavy atom. The quantitative estimate of drug-likeness (QED) is 0.209. The monoisotopic (exact) mass is 730 g/mol. The molecular formula is C33H31ClF4N8O3S. The molecule has 1 unspecified atom stereocenters. The topological polar surface area (TPSA) is 134 Å². The SMILES string of the molecule is N#Cc1c(N)sc2c(F)ccc(-c3c(F)c4nc(OC[C@@]56CCCN5C[C@H](F)C6)nc(N5CCN(C(=O)C(F)Cl)CC5)c4c(=O)n3C3CC3)c12. The van der Waals surface area contributed by atoms with E-state index in [9.17, 15) is 23.6 Å². The Kier molecular flexibility index (Phi) is 8.07. The number of rotatable bonds is 7. The standard InChI is InChI=1S/C33H31ClF4N8O3S/c34-27(38)31(48)44-10-8-43(9-11-44)29-22-24(41-32(42-29)49-15-33-6-1-7-45(33)14-16(35)12-33)23(37)25(46(30(22)47)17-2-3-17)18-4-5-20(36)26-21(18)19(13-39)28(40)50-26/h4-5,16-17,27H,1-3,6-12,14-15,40H2/t16-,27?,33+/m1/s1. The predicted octanol–water partition coefficient (Wildman–Crippen LogP) is 4.88. The zero-order chi connectivity index (χ0) is 35.1. The van der Waals surface area contributed by atoms with Crippen molar-refractivity contribution in [3.05, 3.63) is 39.7 Å². The number of aromatic nitrogens is 3. The maximum absolute atomic E-state index is 17.3. The van der Waals surface area contributed by atoms with E-state index >= 15 is 8.78 Å². The van der Waals surface area contributed by atoms with Crippen LogP contribution in [0.15, 0.2) is 16.9 Å². The molecule has 3 atom stereocenters. The second kappa shape index (κ2) is 12.2. The summed E-state index contributed by atoms with van der Waals surface area (Å²) in [7, 11) is 0. The highest BCUT2D eigenvalue weighted by molar-refractivity contribution is 7.23. The van der Waals surface area contributed by atoms with Gasteiger partial charge in [-0.15, -0.1) is 11.3 Å². The first-order valence-corrected chi connectivity index (χ1v) is 17.7. The Labute approximate surface area is 291 Å². The molecule has 50 heavy (non-hydrogen) atoms. The first-order valence-electron chi connectivity index (χ1n) is 16.4. The second-order valence-corrected chi connectivity index (χ2v) is 14.8. The lowest BCUT2D eigenvalue weighted by molar-refractivity contribution is -0.133. The zero-order valence-corrected chi connectivity index (χ0v) is 28.2. The molecule has 262 valence electrons. The van der Waals surface area contributed by atoms with Crippen molar-refractivity contribution in [1.29, 1.82) is 5.26 Å². The lowest BCUT2D eigenvalue weighted by atomic mass is 9.95. The average Bonchev–Trinajstić information content (AvgIpc) is 3.67. The molecule has 3 saturated heterocycles. The fraction of sp³-hybridized carbons (Fsp3) is 0.485. The van der Waals surface area contributed by atoms with Crippen LogP contribution >= 0.6 is 22.9 Å². The van der Waals surface area contributed by atoms with Crippen LogP contribution in [-0.4, -0.2) is 93.5 Å². The lowest BCUT2D eigenvalue weighted by Crippen LogP contribution is -2.50. The number of piperazine rings is 1. The number of fused-ring (bicyclic) bond motifs is 3. The van der Waals surface area contributed by atoms with E-state index in [0.29, 0.717) is 25.8 Å². The van der Waals surface area contributed by atoms with E-state index in [2.05, 4.69) is 14.9 Å². The summed E-state index contributed by atoms with van der Waals surface area (Å²) >= 11 is 6.27. The Hall–Kier alpha value is -4.20. The van der Waals surface area contributed by atoms with E-state index < -0.39 is 40.4 Å². The summed E-state index contributed by atoms with van der Waals surface area (Å²) < 4.78 is 68.1. The summed E-state index contributed by atoms with van der Waals surface area (Å²) in [5.41, 5.74) is 2.30. The van der Waals surface area contributed by atoms with Crippen LogP contribution in [0.2, 0.25) is 0 Å². The number of thiophene rings is 1. The molecule has 6 heterocycles. The number of anilines is 2. The summed E-state index contributed by atoms with van der Waals surface area (Å²) in [5, 5.41) is 9.99. The Balaban J connectivity index is 1.31. The van der Waals surface area contributed by atoms with Crippen molar-refractivity contribution in [2.24, 2.45) is 0 Å². The van der Waals surface area contributed by atoms with Crippen LogP contribution < -0.4 is 20.9 Å². The van der Waals surface area contributed by atoms with Gasteiger partial charge in [-0.05, 0) is 44.4 Å². The van der Waals surface area contributed by atoms with Gasteiger partial charge in [0.25, 0.3) is 17.1 Å². The molecule has 11 nitrogen and oxygen atoms in total. The molecule has 1 aliphatic carbocycles. The molecule has 4 aromatic rings. The van der Waals surface area contributed by atoms with Crippen LogP contribution in [0, 0.1) is 23.0 Å². The third-order valence-electron chi connectivity index (χ3n) is 10.4. The van der Waals surface area contributed by atoms with Gasteiger partial charge in [0.15, 0.2) is 5.82 Å². The molecule has 3 aromatic heterocycles. The number of amides is 1. The second-order valence-electron chi connectivity index (χ2n) is 13.4. The van der Waals surface area contributed by atoms with Gasteiger partial charge in [0.05, 0.1) is 21.5 Å². The average molecular weight is 731 g/mol. The lowest BCUT2D eigenvalue weighted by Gasteiger charge is -2.36. The molecular weight excluding hydrogens is 700 g/mol. The minimum Gasteiger partial charge on any atom is -0.461 e. The van der Waals surface area contributed by atoms with Crippen molar-refractivity contribution in [3.8, 4) is 23.3 Å². The molecule has 1 saturated carbocycles. The van der Waals surface area contributed by atoms with Crippen LogP contribution in [0.5, 0.6) is 6.01 Å². The van der Waals surface area contributed by atoms with Gasteiger partial charge in [-0.1, -0.05) is 11.6 Å². The molecule has 1 amide bonds. The number of alkyl halides is 3. The fourth-order valence-electron chi connectivity index (χ4n) is 7.87. The zero-order valence-electron chi connectivity index (χ0n) is 26.6. The molecule has 2 N–H and O–H groups in total. The van der Waals surface area contributed by atoms with E-state index in [1.165, 1.54) is 15.5 Å². The minimum atomic E-state index is -2.20. The van der Waals surface area contributed by atoms with Gasteiger partial charge in [-0.2, -0.15) is 15.2 Å². The van der Waals surface area contributed by atoms with Crippen LogP contribution in [0.1, 0.15) is 43.7 Å². The summed E-state index contributed by atoms with van der Waals surface area (Å²) in [6.07, 6.45) is 1.99.